The summed E-state index contributed by atoms with van der Waals surface area (Å²) in [6, 6.07) is 8.83. The summed E-state index contributed by atoms with van der Waals surface area (Å²) in [6.07, 6.45) is -11.3. The van der Waals surface area contributed by atoms with E-state index < -0.39 is 73.8 Å². The summed E-state index contributed by atoms with van der Waals surface area (Å²) >= 11 is 0. The number of nitrogens with zero attached hydrogens (tertiary/aromatic N) is 1. The number of hydrogen-bond donors (Lipinski definition) is 1. The highest BCUT2D eigenvalue weighted by atomic mass is 32.2. The zero-order chi connectivity index (χ0) is 30.5. The lowest BCUT2D eigenvalue weighted by molar-refractivity contribution is -0.148. The van der Waals surface area contributed by atoms with Crippen molar-refractivity contribution in [2.75, 3.05) is 10.8 Å². The third kappa shape index (κ3) is 5.97. The number of fused-ring (bicyclic) bond motifs is 1. The Kier molecular flexibility index (Phi) is 7.52. The van der Waals surface area contributed by atoms with Gasteiger partial charge in [0.05, 0.1) is 33.7 Å². The quantitative estimate of drug-likeness (QED) is 0.307. The van der Waals surface area contributed by atoms with Crippen molar-refractivity contribution in [1.29, 1.82) is 0 Å². The molecule has 1 unspecified atom stereocenters. The lowest BCUT2D eigenvalue weighted by atomic mass is 9.86. The smallest absolute Gasteiger partial charge is 0.419 e. The molecule has 0 bridgehead atoms. The first-order chi connectivity index (χ1) is 18.8. The van der Waals surface area contributed by atoms with Crippen LogP contribution in [0, 0.1) is 11.2 Å². The van der Waals surface area contributed by atoms with E-state index in [1.54, 1.807) is 0 Å². The molecule has 14 heteroatoms. The molecule has 0 radical (unpaired) electrons. The van der Waals surface area contributed by atoms with Gasteiger partial charge in [-0.25, -0.2) is 12.8 Å². The minimum absolute atomic E-state index is 0.174. The first-order valence-electron chi connectivity index (χ1n) is 11.9. The number of hydrogen-bond acceptors (Lipinski definition) is 4. The van der Waals surface area contributed by atoms with Gasteiger partial charge in [0.2, 0.25) is 0 Å². The lowest BCUT2D eigenvalue weighted by Gasteiger charge is -2.38. The standard InChI is InChI=1S/C27H22F7NO5S/c1-25(2,24(36)37)13-17-14-35(41(38,39)18-6-3-5-16(12-18)26(29,30)31)21-11-15(9-10-22(21)40-17)19-7-4-8-20(28)23(19)27(32,33)34/h3-12,17H,13-14H2,1-2H3,(H,36,37). The van der Waals surface area contributed by atoms with Crippen LogP contribution < -0.4 is 9.04 Å². The molecular formula is C27H22F7NO5S. The summed E-state index contributed by atoms with van der Waals surface area (Å²) in [6.45, 7) is 2.16. The fourth-order valence-electron chi connectivity index (χ4n) is 4.48. The number of alkyl halides is 6. The summed E-state index contributed by atoms with van der Waals surface area (Å²) in [5.74, 6) is -2.96. The minimum Gasteiger partial charge on any atom is -0.486 e. The van der Waals surface area contributed by atoms with E-state index >= 15 is 0 Å². The van der Waals surface area contributed by atoms with Crippen molar-refractivity contribution in [3.05, 3.63) is 77.6 Å². The SMILES string of the molecule is CC(C)(CC1CN(S(=O)(=O)c2cccc(C(F)(F)F)c2)c2cc(-c3cccc(F)c3C(F)(F)F)ccc2O1)C(=O)O. The van der Waals surface area contributed by atoms with E-state index in [4.69, 9.17) is 4.74 Å². The third-order valence-corrected chi connectivity index (χ3v) is 8.34. The molecular weight excluding hydrogens is 583 g/mol. The highest BCUT2D eigenvalue weighted by Gasteiger charge is 2.41. The van der Waals surface area contributed by atoms with Gasteiger partial charge in [0, 0.05) is 6.42 Å². The van der Waals surface area contributed by atoms with Gasteiger partial charge in [-0.05, 0) is 61.4 Å². The fraction of sp³-hybridized carbons (Fsp3) is 0.296. The Morgan fingerprint density at radius 3 is 2.24 bits per heavy atom. The van der Waals surface area contributed by atoms with Gasteiger partial charge in [0.1, 0.15) is 17.7 Å². The molecule has 0 aliphatic carbocycles. The predicted molar refractivity (Wildman–Crippen MR) is 133 cm³/mol. The molecule has 41 heavy (non-hydrogen) atoms. The molecule has 0 saturated carbocycles. The van der Waals surface area contributed by atoms with Crippen molar-refractivity contribution >= 4 is 21.7 Å². The Labute approximate surface area is 230 Å². The summed E-state index contributed by atoms with van der Waals surface area (Å²) in [5, 5.41) is 9.54. The number of anilines is 1. The molecule has 0 fully saturated rings. The predicted octanol–water partition coefficient (Wildman–Crippen LogP) is 6.99. The van der Waals surface area contributed by atoms with Crippen molar-refractivity contribution in [3.8, 4) is 16.9 Å². The Bertz CT molecular complexity index is 1600. The van der Waals surface area contributed by atoms with E-state index in [1.807, 2.05) is 0 Å². The fourth-order valence-corrected chi connectivity index (χ4v) is 6.03. The van der Waals surface area contributed by atoms with Crippen molar-refractivity contribution in [2.24, 2.45) is 5.41 Å². The van der Waals surface area contributed by atoms with Crippen LogP contribution in [0.4, 0.5) is 36.4 Å². The maximum Gasteiger partial charge on any atom is 0.419 e. The van der Waals surface area contributed by atoms with Gasteiger partial charge < -0.3 is 9.84 Å². The van der Waals surface area contributed by atoms with Gasteiger partial charge in [-0.15, -0.1) is 0 Å². The Morgan fingerprint density at radius 2 is 1.63 bits per heavy atom. The third-order valence-electron chi connectivity index (χ3n) is 6.57. The van der Waals surface area contributed by atoms with Gasteiger partial charge in [0.25, 0.3) is 10.0 Å². The molecule has 0 saturated heterocycles. The van der Waals surface area contributed by atoms with Crippen LogP contribution in [0.3, 0.4) is 0 Å². The van der Waals surface area contributed by atoms with Crippen molar-refractivity contribution in [2.45, 2.75) is 43.6 Å². The summed E-state index contributed by atoms with van der Waals surface area (Å²) < 4.78 is 130. The zero-order valence-corrected chi connectivity index (χ0v) is 22.2. The molecule has 1 heterocycles. The number of ether oxygens (including phenoxy) is 1. The van der Waals surface area contributed by atoms with Crippen LogP contribution in [-0.2, 0) is 27.2 Å². The normalized spacial score (nSPS) is 16.2. The molecule has 0 amide bonds. The number of rotatable bonds is 6. The van der Waals surface area contributed by atoms with Gasteiger partial charge in [0.15, 0.2) is 0 Å². The number of carboxylic acid groups (broad SMARTS) is 1. The molecule has 6 nitrogen and oxygen atoms in total. The van der Waals surface area contributed by atoms with Crippen LogP contribution in [-0.4, -0.2) is 32.1 Å². The Morgan fingerprint density at radius 1 is 0.976 bits per heavy atom. The average Bonchev–Trinajstić information content (AvgIpc) is 2.86. The molecule has 1 N–H and O–H groups in total. The molecule has 1 aliphatic rings. The van der Waals surface area contributed by atoms with Gasteiger partial charge in [-0.3, -0.25) is 9.10 Å². The molecule has 3 aromatic carbocycles. The van der Waals surface area contributed by atoms with Gasteiger partial charge >= 0.3 is 18.3 Å². The van der Waals surface area contributed by atoms with E-state index in [0.29, 0.717) is 22.5 Å². The molecule has 4 rings (SSSR count). The number of aliphatic carboxylic acids is 1. The van der Waals surface area contributed by atoms with E-state index in [2.05, 4.69) is 0 Å². The van der Waals surface area contributed by atoms with E-state index in [0.717, 1.165) is 42.5 Å². The number of sulfonamides is 1. The van der Waals surface area contributed by atoms with Crippen LogP contribution in [0.15, 0.2) is 65.6 Å². The van der Waals surface area contributed by atoms with Crippen LogP contribution in [0.25, 0.3) is 11.1 Å². The molecule has 0 aromatic heterocycles. The molecule has 220 valence electrons. The van der Waals surface area contributed by atoms with Crippen LogP contribution >= 0.6 is 0 Å². The van der Waals surface area contributed by atoms with Crippen molar-refractivity contribution < 1.29 is 53.8 Å². The summed E-state index contributed by atoms with van der Waals surface area (Å²) in [7, 11) is -4.80. The number of benzene rings is 3. The monoisotopic (exact) mass is 605 g/mol. The Hall–Kier alpha value is -3.81. The average molecular weight is 606 g/mol. The van der Waals surface area contributed by atoms with E-state index in [-0.39, 0.29) is 23.4 Å². The Balaban J connectivity index is 1.90. The molecule has 3 aromatic rings. The minimum atomic E-state index is -5.11. The summed E-state index contributed by atoms with van der Waals surface area (Å²) in [4.78, 5) is 10.9. The second kappa shape index (κ2) is 10.2. The zero-order valence-electron chi connectivity index (χ0n) is 21.3. The number of halogens is 7. The van der Waals surface area contributed by atoms with E-state index in [1.165, 1.54) is 13.8 Å². The molecule has 1 aliphatic heterocycles. The maximum absolute atomic E-state index is 14.3. The van der Waals surface area contributed by atoms with Gasteiger partial charge in [-0.2, -0.15) is 26.3 Å². The first-order valence-corrected chi connectivity index (χ1v) is 13.4. The lowest BCUT2D eigenvalue weighted by Crippen LogP contribution is -2.46. The number of carboxylic acids is 1. The first kappa shape index (κ1) is 30.2. The highest BCUT2D eigenvalue weighted by molar-refractivity contribution is 7.92. The second-order valence-corrected chi connectivity index (χ2v) is 11.9. The van der Waals surface area contributed by atoms with Crippen molar-refractivity contribution in [3.63, 3.8) is 0 Å². The van der Waals surface area contributed by atoms with Gasteiger partial charge in [-0.1, -0.05) is 24.3 Å². The van der Waals surface area contributed by atoms with Crippen LogP contribution in [0.2, 0.25) is 0 Å². The highest BCUT2D eigenvalue weighted by Crippen LogP contribution is 2.45. The maximum atomic E-state index is 14.3. The molecule has 1 atom stereocenters. The van der Waals surface area contributed by atoms with E-state index in [9.17, 15) is 49.1 Å². The largest absolute Gasteiger partial charge is 0.486 e. The summed E-state index contributed by atoms with van der Waals surface area (Å²) in [5.41, 5.74) is -5.42. The second-order valence-electron chi connectivity index (χ2n) is 10.0. The molecule has 0 spiro atoms. The topological polar surface area (TPSA) is 83.9 Å². The number of carbonyl (C=O) groups is 1. The van der Waals surface area contributed by atoms with Crippen LogP contribution in [0.5, 0.6) is 5.75 Å². The van der Waals surface area contributed by atoms with Crippen molar-refractivity contribution in [1.82, 2.24) is 0 Å². The van der Waals surface area contributed by atoms with Crippen LogP contribution in [0.1, 0.15) is 31.4 Å².